The van der Waals surface area contributed by atoms with Gasteiger partial charge in [-0.3, -0.25) is 4.79 Å². The lowest BCUT2D eigenvalue weighted by molar-refractivity contribution is -0.130. The van der Waals surface area contributed by atoms with E-state index in [1.165, 1.54) is 0 Å². The average Bonchev–Trinajstić information content (AvgIpc) is 2.29. The molecule has 0 aliphatic carbocycles. The van der Waals surface area contributed by atoms with E-state index >= 15 is 0 Å². The van der Waals surface area contributed by atoms with Crippen molar-refractivity contribution in [1.29, 1.82) is 0 Å². The zero-order chi connectivity index (χ0) is 12.7. The van der Waals surface area contributed by atoms with Crippen molar-refractivity contribution in [3.8, 4) is 0 Å². The van der Waals surface area contributed by atoms with E-state index in [0.717, 1.165) is 5.56 Å². The summed E-state index contributed by atoms with van der Waals surface area (Å²) < 4.78 is 0. The van der Waals surface area contributed by atoms with Gasteiger partial charge in [0.1, 0.15) is 0 Å². The molecule has 0 bridgehead atoms. The Balaban J connectivity index is 2.59. The van der Waals surface area contributed by atoms with Gasteiger partial charge >= 0.3 is 0 Å². The van der Waals surface area contributed by atoms with Crippen molar-refractivity contribution in [3.63, 3.8) is 0 Å². The molecule has 0 aliphatic heterocycles. The van der Waals surface area contributed by atoms with Crippen LogP contribution in [0.5, 0.6) is 0 Å². The highest BCUT2D eigenvalue weighted by Crippen LogP contribution is 2.06. The summed E-state index contributed by atoms with van der Waals surface area (Å²) in [4.78, 5) is 13.8. The molecule has 1 aromatic rings. The highest BCUT2D eigenvalue weighted by Gasteiger charge is 2.15. The fourth-order valence-electron chi connectivity index (χ4n) is 1.61. The number of rotatable bonds is 6. The van der Waals surface area contributed by atoms with Crippen molar-refractivity contribution in [3.05, 3.63) is 35.9 Å². The van der Waals surface area contributed by atoms with Crippen molar-refractivity contribution in [2.75, 3.05) is 19.0 Å². The highest BCUT2D eigenvalue weighted by atomic mass is 35.5. The topological polar surface area (TPSA) is 20.3 Å². The van der Waals surface area contributed by atoms with Crippen LogP contribution in [0.3, 0.4) is 0 Å². The van der Waals surface area contributed by atoms with E-state index in [2.05, 4.69) is 0 Å². The Morgan fingerprint density at radius 2 is 2.00 bits per heavy atom. The zero-order valence-corrected chi connectivity index (χ0v) is 11.4. The molecule has 0 radical (unpaired) electrons. The van der Waals surface area contributed by atoms with Crippen LogP contribution >= 0.6 is 23.2 Å². The highest BCUT2D eigenvalue weighted by molar-refractivity contribution is 6.20. The lowest BCUT2D eigenvalue weighted by Crippen LogP contribution is -2.37. The van der Waals surface area contributed by atoms with Gasteiger partial charge in [0.2, 0.25) is 5.91 Å². The van der Waals surface area contributed by atoms with Gasteiger partial charge in [-0.25, -0.2) is 0 Å². The van der Waals surface area contributed by atoms with Crippen LogP contribution in [0.2, 0.25) is 0 Å². The molecular weight excluding hydrogens is 257 g/mol. The van der Waals surface area contributed by atoms with Gasteiger partial charge in [-0.15, -0.1) is 23.2 Å². The van der Waals surface area contributed by atoms with E-state index < -0.39 is 0 Å². The van der Waals surface area contributed by atoms with Gasteiger partial charge < -0.3 is 4.90 Å². The van der Waals surface area contributed by atoms with Gasteiger partial charge in [0, 0.05) is 24.3 Å². The SMILES string of the molecule is CC(Cl)CN(CCCl)C(=O)Cc1ccccc1. The van der Waals surface area contributed by atoms with E-state index in [1.807, 2.05) is 37.3 Å². The molecule has 1 aromatic carbocycles. The Labute approximate surface area is 113 Å². The quantitative estimate of drug-likeness (QED) is 0.730. The summed E-state index contributed by atoms with van der Waals surface area (Å²) in [5.41, 5.74) is 1.01. The first-order valence-corrected chi connectivity index (χ1v) is 6.62. The number of carbonyl (C=O) groups is 1. The normalized spacial score (nSPS) is 12.2. The first kappa shape index (κ1) is 14.3. The number of hydrogen-bond acceptors (Lipinski definition) is 1. The second kappa shape index (κ2) is 7.57. The molecule has 0 saturated heterocycles. The van der Waals surface area contributed by atoms with Gasteiger partial charge in [0.25, 0.3) is 0 Å². The fraction of sp³-hybridized carbons (Fsp3) is 0.462. The minimum atomic E-state index is -0.0575. The van der Waals surface area contributed by atoms with Gasteiger partial charge in [-0.1, -0.05) is 30.3 Å². The minimum Gasteiger partial charge on any atom is -0.340 e. The fourth-order valence-corrected chi connectivity index (χ4v) is 1.98. The summed E-state index contributed by atoms with van der Waals surface area (Å²) in [7, 11) is 0. The number of alkyl halides is 2. The molecule has 94 valence electrons. The molecule has 0 N–H and O–H groups in total. The first-order valence-electron chi connectivity index (χ1n) is 5.65. The summed E-state index contributed by atoms with van der Waals surface area (Å²) in [5.74, 6) is 0.508. The molecule has 0 saturated carbocycles. The molecule has 0 spiro atoms. The summed E-state index contributed by atoms with van der Waals surface area (Å²) in [6.07, 6.45) is 0.404. The third-order valence-corrected chi connectivity index (χ3v) is 2.68. The molecule has 0 aromatic heterocycles. The van der Waals surface area contributed by atoms with Gasteiger partial charge in [-0.05, 0) is 12.5 Å². The largest absolute Gasteiger partial charge is 0.340 e. The van der Waals surface area contributed by atoms with Crippen molar-refractivity contribution < 1.29 is 4.79 Å². The summed E-state index contributed by atoms with van der Waals surface area (Å²) in [6.45, 7) is 2.96. The van der Waals surface area contributed by atoms with Crippen LogP contribution in [0.15, 0.2) is 30.3 Å². The van der Waals surface area contributed by atoms with Gasteiger partial charge in [-0.2, -0.15) is 0 Å². The average molecular weight is 274 g/mol. The maximum absolute atomic E-state index is 12.0. The third kappa shape index (κ3) is 5.42. The van der Waals surface area contributed by atoms with Crippen molar-refractivity contribution in [2.24, 2.45) is 0 Å². The number of amides is 1. The molecule has 17 heavy (non-hydrogen) atoms. The Hall–Kier alpha value is -0.730. The number of benzene rings is 1. The Bertz CT molecular complexity index is 341. The monoisotopic (exact) mass is 273 g/mol. The molecule has 0 fully saturated rings. The predicted octanol–water partition coefficient (Wildman–Crippen LogP) is 2.92. The molecule has 1 unspecified atom stereocenters. The standard InChI is InChI=1S/C13H17Cl2NO/c1-11(15)10-16(8-7-14)13(17)9-12-5-3-2-4-6-12/h2-6,11H,7-10H2,1H3. The maximum atomic E-state index is 12.0. The third-order valence-electron chi connectivity index (χ3n) is 2.38. The Kier molecular flexibility index (Phi) is 6.38. The second-order valence-electron chi connectivity index (χ2n) is 3.97. The molecule has 0 heterocycles. The number of nitrogens with zero attached hydrogens (tertiary/aromatic N) is 1. The Morgan fingerprint density at radius 3 is 2.53 bits per heavy atom. The molecule has 4 heteroatoms. The molecule has 0 aliphatic rings. The van der Waals surface area contributed by atoms with E-state index in [0.29, 0.717) is 25.4 Å². The summed E-state index contributed by atoms with van der Waals surface area (Å²) >= 11 is 11.6. The maximum Gasteiger partial charge on any atom is 0.227 e. The van der Waals surface area contributed by atoms with Crippen LogP contribution in [-0.4, -0.2) is 35.2 Å². The second-order valence-corrected chi connectivity index (χ2v) is 5.09. The van der Waals surface area contributed by atoms with Crippen LogP contribution in [0.4, 0.5) is 0 Å². The lowest BCUT2D eigenvalue weighted by Gasteiger charge is -2.23. The molecule has 1 rings (SSSR count). The summed E-state index contributed by atoms with van der Waals surface area (Å²) in [5, 5.41) is -0.0575. The van der Waals surface area contributed by atoms with E-state index in [4.69, 9.17) is 23.2 Å². The van der Waals surface area contributed by atoms with Gasteiger partial charge in [0.05, 0.1) is 6.42 Å². The summed E-state index contributed by atoms with van der Waals surface area (Å²) in [6, 6.07) is 9.69. The number of carbonyl (C=O) groups excluding carboxylic acids is 1. The van der Waals surface area contributed by atoms with Crippen LogP contribution < -0.4 is 0 Å². The van der Waals surface area contributed by atoms with E-state index in [9.17, 15) is 4.79 Å². The Morgan fingerprint density at radius 1 is 1.35 bits per heavy atom. The van der Waals surface area contributed by atoms with Crippen molar-refractivity contribution >= 4 is 29.1 Å². The zero-order valence-electron chi connectivity index (χ0n) is 9.90. The van der Waals surface area contributed by atoms with Crippen molar-refractivity contribution in [2.45, 2.75) is 18.7 Å². The predicted molar refractivity (Wildman–Crippen MR) is 72.8 cm³/mol. The molecule has 1 amide bonds. The molecule has 1 atom stereocenters. The van der Waals surface area contributed by atoms with Crippen LogP contribution in [0.25, 0.3) is 0 Å². The van der Waals surface area contributed by atoms with Crippen LogP contribution in [0, 0.1) is 0 Å². The smallest absolute Gasteiger partial charge is 0.227 e. The van der Waals surface area contributed by atoms with Crippen molar-refractivity contribution in [1.82, 2.24) is 4.90 Å². The molecule has 2 nitrogen and oxygen atoms in total. The molecular formula is C13H17Cl2NO. The van der Waals surface area contributed by atoms with E-state index in [-0.39, 0.29) is 11.3 Å². The van der Waals surface area contributed by atoms with Gasteiger partial charge in [0.15, 0.2) is 0 Å². The number of hydrogen-bond donors (Lipinski definition) is 0. The number of halogens is 2. The van der Waals surface area contributed by atoms with E-state index in [1.54, 1.807) is 4.90 Å². The first-order chi connectivity index (χ1) is 8.13. The lowest BCUT2D eigenvalue weighted by atomic mass is 10.1. The van der Waals surface area contributed by atoms with Crippen LogP contribution in [-0.2, 0) is 11.2 Å². The minimum absolute atomic E-state index is 0.0575. The van der Waals surface area contributed by atoms with Crippen LogP contribution in [0.1, 0.15) is 12.5 Å².